The molecule has 0 radical (unpaired) electrons. The minimum atomic E-state index is 0.317. The lowest BCUT2D eigenvalue weighted by Gasteiger charge is -2.34. The van der Waals surface area contributed by atoms with Crippen molar-refractivity contribution in [3.05, 3.63) is 11.7 Å². The summed E-state index contributed by atoms with van der Waals surface area (Å²) in [4.78, 5) is 9.10. The van der Waals surface area contributed by atoms with Crippen molar-refractivity contribution >= 4 is 0 Å². The number of aryl methyl sites for hydroxylation is 1. The number of aromatic nitrogens is 2. The molecule has 1 aromatic heterocycles. The SMILES string of the molecule is Cc1nc(CN2CCN(CCCCCO)CC2)no1. The Morgan fingerprint density at radius 1 is 1.11 bits per heavy atom. The number of unbranched alkanes of at least 4 members (excludes halogenated alkanes) is 2. The van der Waals surface area contributed by atoms with Gasteiger partial charge in [-0.25, -0.2) is 0 Å². The summed E-state index contributed by atoms with van der Waals surface area (Å²) < 4.78 is 4.98. The maximum Gasteiger partial charge on any atom is 0.223 e. The van der Waals surface area contributed by atoms with E-state index in [1.807, 2.05) is 6.92 Å². The third kappa shape index (κ3) is 4.89. The van der Waals surface area contributed by atoms with Crippen molar-refractivity contribution in [2.24, 2.45) is 0 Å². The predicted molar refractivity (Wildman–Crippen MR) is 71.7 cm³/mol. The molecule has 1 aliphatic heterocycles. The van der Waals surface area contributed by atoms with Gasteiger partial charge in [0.15, 0.2) is 5.82 Å². The molecule has 0 unspecified atom stereocenters. The van der Waals surface area contributed by atoms with Gasteiger partial charge >= 0.3 is 0 Å². The van der Waals surface area contributed by atoms with Crippen LogP contribution in [0.3, 0.4) is 0 Å². The lowest BCUT2D eigenvalue weighted by Crippen LogP contribution is -2.46. The molecule has 1 fully saturated rings. The van der Waals surface area contributed by atoms with E-state index in [2.05, 4.69) is 19.9 Å². The monoisotopic (exact) mass is 268 g/mol. The zero-order chi connectivity index (χ0) is 13.5. The van der Waals surface area contributed by atoms with Gasteiger partial charge in [-0.1, -0.05) is 5.16 Å². The maximum atomic E-state index is 8.74. The Labute approximate surface area is 114 Å². The van der Waals surface area contributed by atoms with Crippen molar-refractivity contribution in [3.8, 4) is 0 Å². The summed E-state index contributed by atoms with van der Waals surface area (Å²) in [5.41, 5.74) is 0. The second kappa shape index (κ2) is 7.57. The third-order valence-corrected chi connectivity index (χ3v) is 3.53. The van der Waals surface area contributed by atoms with Crippen LogP contribution in [0.4, 0.5) is 0 Å². The molecular formula is C13H24N4O2. The van der Waals surface area contributed by atoms with E-state index >= 15 is 0 Å². The first kappa shape index (κ1) is 14.4. The summed E-state index contributed by atoms with van der Waals surface area (Å²) in [6.45, 7) is 8.41. The molecule has 108 valence electrons. The fourth-order valence-electron chi connectivity index (χ4n) is 2.40. The Bertz CT molecular complexity index is 361. The molecule has 2 heterocycles. The van der Waals surface area contributed by atoms with E-state index in [-0.39, 0.29) is 0 Å². The zero-order valence-electron chi connectivity index (χ0n) is 11.7. The average Bonchev–Trinajstić information content (AvgIpc) is 2.82. The molecule has 0 aliphatic carbocycles. The van der Waals surface area contributed by atoms with Crippen LogP contribution >= 0.6 is 0 Å². The molecule has 0 bridgehead atoms. The second-order valence-corrected chi connectivity index (χ2v) is 5.13. The highest BCUT2D eigenvalue weighted by atomic mass is 16.5. The highest BCUT2D eigenvalue weighted by molar-refractivity contribution is 4.85. The summed E-state index contributed by atoms with van der Waals surface area (Å²) in [7, 11) is 0. The van der Waals surface area contributed by atoms with Gasteiger partial charge in [0.05, 0.1) is 6.54 Å². The van der Waals surface area contributed by atoms with E-state index in [0.29, 0.717) is 12.5 Å². The van der Waals surface area contributed by atoms with E-state index in [0.717, 1.165) is 57.9 Å². The molecule has 1 aromatic rings. The third-order valence-electron chi connectivity index (χ3n) is 3.53. The average molecular weight is 268 g/mol. The van der Waals surface area contributed by atoms with Crippen molar-refractivity contribution in [1.29, 1.82) is 0 Å². The molecule has 0 aromatic carbocycles. The van der Waals surface area contributed by atoms with E-state index in [1.165, 1.54) is 6.42 Å². The van der Waals surface area contributed by atoms with E-state index < -0.39 is 0 Å². The Morgan fingerprint density at radius 2 is 1.84 bits per heavy atom. The number of nitrogens with zero attached hydrogens (tertiary/aromatic N) is 4. The Kier molecular flexibility index (Phi) is 5.75. The summed E-state index contributed by atoms with van der Waals surface area (Å²) in [5.74, 6) is 1.42. The number of aliphatic hydroxyl groups is 1. The van der Waals surface area contributed by atoms with Gasteiger partial charge in [-0.05, 0) is 25.8 Å². The summed E-state index contributed by atoms with van der Waals surface area (Å²) >= 11 is 0. The highest BCUT2D eigenvalue weighted by Crippen LogP contribution is 2.07. The van der Waals surface area contributed by atoms with Crippen LogP contribution in [-0.2, 0) is 6.54 Å². The van der Waals surface area contributed by atoms with Gasteiger partial charge in [0.2, 0.25) is 5.89 Å². The van der Waals surface area contributed by atoms with E-state index in [4.69, 9.17) is 9.63 Å². The molecule has 1 N–H and O–H groups in total. The van der Waals surface area contributed by atoms with Crippen LogP contribution in [-0.4, -0.2) is 64.4 Å². The minimum absolute atomic E-state index is 0.317. The number of piperazine rings is 1. The summed E-state index contributed by atoms with van der Waals surface area (Å²) in [6.07, 6.45) is 3.24. The van der Waals surface area contributed by atoms with Crippen molar-refractivity contribution in [3.63, 3.8) is 0 Å². The minimum Gasteiger partial charge on any atom is -0.396 e. The largest absolute Gasteiger partial charge is 0.396 e. The maximum absolute atomic E-state index is 8.74. The molecule has 19 heavy (non-hydrogen) atoms. The first-order valence-corrected chi connectivity index (χ1v) is 7.12. The quantitative estimate of drug-likeness (QED) is 0.733. The molecule has 2 rings (SSSR count). The molecule has 6 nitrogen and oxygen atoms in total. The molecule has 0 atom stereocenters. The normalized spacial score (nSPS) is 18.0. The standard InChI is InChI=1S/C13H24N4O2/c1-12-14-13(15-19-12)11-17-8-6-16(7-9-17)5-3-2-4-10-18/h18H,2-11H2,1H3. The Hall–Kier alpha value is -0.980. The number of hydrogen-bond acceptors (Lipinski definition) is 6. The molecule has 6 heteroatoms. The van der Waals surface area contributed by atoms with Crippen LogP contribution in [0.5, 0.6) is 0 Å². The van der Waals surface area contributed by atoms with Crippen LogP contribution in [0.15, 0.2) is 4.52 Å². The summed E-state index contributed by atoms with van der Waals surface area (Å²) in [5, 5.41) is 12.7. The molecule has 0 saturated carbocycles. The van der Waals surface area contributed by atoms with E-state index in [9.17, 15) is 0 Å². The number of hydrogen-bond donors (Lipinski definition) is 1. The second-order valence-electron chi connectivity index (χ2n) is 5.13. The van der Waals surface area contributed by atoms with E-state index in [1.54, 1.807) is 0 Å². The van der Waals surface area contributed by atoms with Crippen LogP contribution in [0.2, 0.25) is 0 Å². The molecule has 0 spiro atoms. The highest BCUT2D eigenvalue weighted by Gasteiger charge is 2.18. The predicted octanol–water partition coefficient (Wildman–Crippen LogP) is 0.658. The van der Waals surface area contributed by atoms with Crippen LogP contribution in [0.25, 0.3) is 0 Å². The lowest BCUT2D eigenvalue weighted by molar-refractivity contribution is 0.122. The van der Waals surface area contributed by atoms with Crippen molar-refractivity contribution in [2.75, 3.05) is 39.3 Å². The van der Waals surface area contributed by atoms with Gasteiger partial charge in [-0.15, -0.1) is 0 Å². The van der Waals surface area contributed by atoms with Gasteiger partial charge in [0, 0.05) is 39.7 Å². The molecular weight excluding hydrogens is 244 g/mol. The van der Waals surface area contributed by atoms with Crippen LogP contribution in [0.1, 0.15) is 31.0 Å². The summed E-state index contributed by atoms with van der Waals surface area (Å²) in [6, 6.07) is 0. The molecule has 1 aliphatic rings. The van der Waals surface area contributed by atoms with Gasteiger partial charge in [0.25, 0.3) is 0 Å². The van der Waals surface area contributed by atoms with Gasteiger partial charge in [0.1, 0.15) is 0 Å². The fraction of sp³-hybridized carbons (Fsp3) is 0.846. The smallest absolute Gasteiger partial charge is 0.223 e. The Morgan fingerprint density at radius 3 is 2.47 bits per heavy atom. The van der Waals surface area contributed by atoms with Crippen molar-refractivity contribution in [1.82, 2.24) is 19.9 Å². The Balaban J connectivity index is 1.62. The van der Waals surface area contributed by atoms with Crippen molar-refractivity contribution < 1.29 is 9.63 Å². The van der Waals surface area contributed by atoms with Gasteiger partial charge < -0.3 is 14.5 Å². The fourth-order valence-corrected chi connectivity index (χ4v) is 2.40. The van der Waals surface area contributed by atoms with Gasteiger partial charge in [-0.3, -0.25) is 4.90 Å². The van der Waals surface area contributed by atoms with Crippen molar-refractivity contribution in [2.45, 2.75) is 32.7 Å². The first-order valence-electron chi connectivity index (χ1n) is 7.12. The van der Waals surface area contributed by atoms with Gasteiger partial charge in [-0.2, -0.15) is 4.98 Å². The number of aliphatic hydroxyl groups excluding tert-OH is 1. The lowest BCUT2D eigenvalue weighted by atomic mass is 10.2. The topological polar surface area (TPSA) is 65.6 Å². The van der Waals surface area contributed by atoms with Crippen LogP contribution < -0.4 is 0 Å². The zero-order valence-corrected chi connectivity index (χ0v) is 11.7. The molecule has 1 saturated heterocycles. The molecule has 0 amide bonds. The first-order chi connectivity index (χ1) is 9.28. The van der Waals surface area contributed by atoms with Crippen LogP contribution in [0, 0.1) is 6.92 Å². The number of rotatable bonds is 7.